The van der Waals surface area contributed by atoms with Crippen molar-refractivity contribution in [3.63, 3.8) is 0 Å². The van der Waals surface area contributed by atoms with Gasteiger partial charge in [0, 0.05) is 6.04 Å². The van der Waals surface area contributed by atoms with Gasteiger partial charge in [0.05, 0.1) is 13.1 Å². The maximum atomic E-state index is 5.98. The van der Waals surface area contributed by atoms with Gasteiger partial charge in [-0.25, -0.2) is 0 Å². The Morgan fingerprint density at radius 3 is 2.95 bits per heavy atom. The van der Waals surface area contributed by atoms with Crippen molar-refractivity contribution in [1.29, 1.82) is 0 Å². The van der Waals surface area contributed by atoms with Gasteiger partial charge in [0.2, 0.25) is 0 Å². The fraction of sp³-hybridized carbons (Fsp3) is 0.765. The average Bonchev–Trinajstić information content (AvgIpc) is 3.09. The molecule has 2 atom stereocenters. The Kier molecular flexibility index (Phi) is 4.79. The molecule has 2 fully saturated rings. The molecule has 3 nitrogen and oxygen atoms in total. The summed E-state index contributed by atoms with van der Waals surface area (Å²) in [5.41, 5.74) is 0. The van der Waals surface area contributed by atoms with Gasteiger partial charge in [-0.2, -0.15) is 0 Å². The van der Waals surface area contributed by atoms with Crippen LogP contribution in [0.3, 0.4) is 0 Å². The molecule has 1 N–H and O–H groups in total. The second-order valence-electron chi connectivity index (χ2n) is 6.42. The summed E-state index contributed by atoms with van der Waals surface area (Å²) >= 11 is 0. The molecule has 3 rings (SSSR count). The van der Waals surface area contributed by atoms with E-state index in [2.05, 4.69) is 29.3 Å². The number of hydrogen-bond donors (Lipinski definition) is 1. The first-order valence-corrected chi connectivity index (χ1v) is 8.39. The smallest absolute Gasteiger partial charge is 0.118 e. The highest BCUT2D eigenvalue weighted by atomic mass is 16.3. The third-order valence-corrected chi connectivity index (χ3v) is 4.91. The number of nitrogens with zero attached hydrogens (tertiary/aromatic N) is 1. The molecule has 1 saturated carbocycles. The van der Waals surface area contributed by atoms with Gasteiger partial charge >= 0.3 is 0 Å². The van der Waals surface area contributed by atoms with Gasteiger partial charge in [-0.3, -0.25) is 4.90 Å². The predicted octanol–water partition coefficient (Wildman–Crippen LogP) is 3.54. The van der Waals surface area contributed by atoms with Gasteiger partial charge in [0.15, 0.2) is 0 Å². The van der Waals surface area contributed by atoms with Crippen LogP contribution in [-0.2, 0) is 13.1 Å². The van der Waals surface area contributed by atoms with Gasteiger partial charge in [0.25, 0.3) is 0 Å². The van der Waals surface area contributed by atoms with E-state index in [0.29, 0.717) is 0 Å². The van der Waals surface area contributed by atoms with E-state index in [-0.39, 0.29) is 0 Å². The second kappa shape index (κ2) is 6.77. The van der Waals surface area contributed by atoms with E-state index in [0.717, 1.165) is 43.1 Å². The number of likely N-dealkylation sites (tertiary alicyclic amines) is 1. The molecule has 3 heteroatoms. The first kappa shape index (κ1) is 14.2. The summed E-state index contributed by atoms with van der Waals surface area (Å²) in [6.45, 7) is 6.38. The minimum absolute atomic E-state index is 0.829. The largest absolute Gasteiger partial charge is 0.463 e. The molecule has 1 aliphatic heterocycles. The van der Waals surface area contributed by atoms with Crippen molar-refractivity contribution in [2.75, 3.05) is 13.1 Å². The number of hydrogen-bond acceptors (Lipinski definition) is 3. The molecule has 1 aromatic rings. The number of piperidine rings is 1. The van der Waals surface area contributed by atoms with Crippen molar-refractivity contribution < 1.29 is 4.42 Å². The van der Waals surface area contributed by atoms with Gasteiger partial charge in [-0.05, 0) is 63.2 Å². The van der Waals surface area contributed by atoms with Gasteiger partial charge in [-0.1, -0.05) is 13.3 Å². The van der Waals surface area contributed by atoms with Crippen molar-refractivity contribution in [2.45, 2.75) is 64.6 Å². The highest BCUT2D eigenvalue weighted by Gasteiger charge is 2.35. The van der Waals surface area contributed by atoms with E-state index in [9.17, 15) is 0 Å². The molecular weight excluding hydrogens is 248 g/mol. The Balaban J connectivity index is 1.54. The minimum Gasteiger partial charge on any atom is -0.463 e. The molecule has 0 spiro atoms. The molecule has 112 valence electrons. The predicted molar refractivity (Wildman–Crippen MR) is 81.5 cm³/mol. The van der Waals surface area contributed by atoms with Crippen LogP contribution in [0.5, 0.6) is 0 Å². The molecule has 2 heterocycles. The average molecular weight is 276 g/mol. The summed E-state index contributed by atoms with van der Waals surface area (Å²) in [6.07, 6.45) is 8.26. The summed E-state index contributed by atoms with van der Waals surface area (Å²) in [6, 6.07) is 5.13. The Morgan fingerprint density at radius 1 is 1.20 bits per heavy atom. The molecule has 0 aromatic carbocycles. The van der Waals surface area contributed by atoms with E-state index in [1.54, 1.807) is 0 Å². The summed E-state index contributed by atoms with van der Waals surface area (Å²) in [4.78, 5) is 2.67. The normalized spacial score (nSPS) is 26.9. The molecule has 20 heavy (non-hydrogen) atoms. The summed E-state index contributed by atoms with van der Waals surface area (Å²) < 4.78 is 5.98. The van der Waals surface area contributed by atoms with Crippen LogP contribution in [0.25, 0.3) is 0 Å². The molecule has 1 saturated heterocycles. The van der Waals surface area contributed by atoms with Gasteiger partial charge in [-0.15, -0.1) is 0 Å². The molecule has 1 aliphatic carbocycles. The lowest BCUT2D eigenvalue weighted by molar-refractivity contribution is 0.0974. The van der Waals surface area contributed by atoms with Crippen LogP contribution in [0.15, 0.2) is 16.5 Å². The molecule has 2 unspecified atom stereocenters. The van der Waals surface area contributed by atoms with E-state index in [1.165, 1.54) is 45.1 Å². The Morgan fingerprint density at radius 2 is 2.05 bits per heavy atom. The standard InChI is InChI=1S/C17H28N2O/c1-2-10-18-12-15-8-9-16(20-15)13-19-11-4-6-14-5-3-7-17(14)19/h8-9,14,17-18H,2-7,10-13H2,1H3. The number of rotatable bonds is 6. The van der Waals surface area contributed by atoms with Crippen molar-refractivity contribution in [2.24, 2.45) is 5.92 Å². The molecule has 1 aromatic heterocycles. The minimum atomic E-state index is 0.829. The fourth-order valence-electron chi connectivity index (χ4n) is 3.94. The van der Waals surface area contributed by atoms with Crippen LogP contribution in [-0.4, -0.2) is 24.0 Å². The number of nitrogens with one attached hydrogen (secondary N) is 1. The molecule has 0 radical (unpaired) electrons. The van der Waals surface area contributed by atoms with Crippen LogP contribution in [0.4, 0.5) is 0 Å². The third kappa shape index (κ3) is 3.26. The maximum absolute atomic E-state index is 5.98. The van der Waals surface area contributed by atoms with Crippen LogP contribution < -0.4 is 5.32 Å². The Bertz CT molecular complexity index is 415. The number of fused-ring (bicyclic) bond motifs is 1. The van der Waals surface area contributed by atoms with Crippen LogP contribution >= 0.6 is 0 Å². The quantitative estimate of drug-likeness (QED) is 0.806. The first-order valence-electron chi connectivity index (χ1n) is 8.39. The molecule has 0 amide bonds. The monoisotopic (exact) mass is 276 g/mol. The van der Waals surface area contributed by atoms with E-state index in [1.807, 2.05) is 0 Å². The number of furan rings is 1. The zero-order valence-electron chi connectivity index (χ0n) is 12.7. The first-order chi connectivity index (χ1) is 9.86. The highest BCUT2D eigenvalue weighted by Crippen LogP contribution is 2.37. The third-order valence-electron chi connectivity index (χ3n) is 4.91. The van der Waals surface area contributed by atoms with Crippen molar-refractivity contribution >= 4 is 0 Å². The Hall–Kier alpha value is -0.800. The topological polar surface area (TPSA) is 28.4 Å². The lowest BCUT2D eigenvalue weighted by Crippen LogP contribution is -2.41. The summed E-state index contributed by atoms with van der Waals surface area (Å²) in [7, 11) is 0. The molecule has 0 bridgehead atoms. The van der Waals surface area contributed by atoms with Crippen molar-refractivity contribution in [1.82, 2.24) is 10.2 Å². The van der Waals surface area contributed by atoms with E-state index >= 15 is 0 Å². The van der Waals surface area contributed by atoms with Crippen molar-refractivity contribution in [3.8, 4) is 0 Å². The van der Waals surface area contributed by atoms with E-state index in [4.69, 9.17) is 4.42 Å². The second-order valence-corrected chi connectivity index (χ2v) is 6.42. The van der Waals surface area contributed by atoms with Crippen molar-refractivity contribution in [3.05, 3.63) is 23.7 Å². The zero-order chi connectivity index (χ0) is 13.8. The van der Waals surface area contributed by atoms with E-state index < -0.39 is 0 Å². The molecular formula is C17H28N2O. The lowest BCUT2D eigenvalue weighted by atomic mass is 9.92. The SMILES string of the molecule is CCCNCc1ccc(CN2CCCC3CCCC32)o1. The summed E-state index contributed by atoms with van der Waals surface area (Å²) in [5, 5.41) is 3.40. The highest BCUT2D eigenvalue weighted by molar-refractivity contribution is 5.07. The molecule has 2 aliphatic rings. The fourth-order valence-corrected chi connectivity index (χ4v) is 3.94. The lowest BCUT2D eigenvalue weighted by Gasteiger charge is -2.37. The zero-order valence-corrected chi connectivity index (χ0v) is 12.7. The summed E-state index contributed by atoms with van der Waals surface area (Å²) in [5.74, 6) is 3.18. The van der Waals surface area contributed by atoms with Gasteiger partial charge < -0.3 is 9.73 Å². The van der Waals surface area contributed by atoms with Crippen LogP contribution in [0.1, 0.15) is 57.0 Å². The van der Waals surface area contributed by atoms with Crippen LogP contribution in [0.2, 0.25) is 0 Å². The maximum Gasteiger partial charge on any atom is 0.118 e. The van der Waals surface area contributed by atoms with Gasteiger partial charge in [0.1, 0.15) is 11.5 Å². The van der Waals surface area contributed by atoms with Crippen LogP contribution in [0, 0.1) is 5.92 Å². The Labute approximate surface area is 122 Å².